The van der Waals surface area contributed by atoms with Crippen LogP contribution in [0.1, 0.15) is 12.5 Å². The summed E-state index contributed by atoms with van der Waals surface area (Å²) in [4.78, 5) is 0. The average molecular weight is 240 g/mol. The van der Waals surface area contributed by atoms with Gasteiger partial charge in [0, 0.05) is 11.6 Å². The van der Waals surface area contributed by atoms with Gasteiger partial charge in [-0.15, -0.1) is 18.8 Å². The van der Waals surface area contributed by atoms with E-state index in [-0.39, 0.29) is 24.3 Å². The fourth-order valence-corrected chi connectivity index (χ4v) is 1.29. The molecular formula is C13H15ClFN. The van der Waals surface area contributed by atoms with Crippen LogP contribution in [0.5, 0.6) is 0 Å². The van der Waals surface area contributed by atoms with Crippen LogP contribution in [0.15, 0.2) is 30.8 Å². The van der Waals surface area contributed by atoms with Crippen LogP contribution in [0.4, 0.5) is 4.39 Å². The normalized spacial score (nSPS) is 11.1. The van der Waals surface area contributed by atoms with Crippen molar-refractivity contribution < 1.29 is 4.39 Å². The Labute approximate surface area is 102 Å². The lowest BCUT2D eigenvalue weighted by molar-refractivity contribution is 0.618. The van der Waals surface area contributed by atoms with Crippen LogP contribution in [0.2, 0.25) is 0 Å². The largest absolute Gasteiger partial charge is 0.300 e. The van der Waals surface area contributed by atoms with E-state index >= 15 is 0 Å². The molecule has 3 heteroatoms. The third kappa shape index (κ3) is 3.69. The molecule has 0 fully saturated rings. The first-order valence-electron chi connectivity index (χ1n) is 4.77. The lowest BCUT2D eigenvalue weighted by Crippen LogP contribution is -2.27. The smallest absolute Gasteiger partial charge is 0.130 e. The van der Waals surface area contributed by atoms with Crippen molar-refractivity contribution in [2.75, 3.05) is 6.54 Å². The number of benzene rings is 1. The summed E-state index contributed by atoms with van der Waals surface area (Å²) in [6.07, 6.45) is 5.13. The molecule has 1 aromatic rings. The summed E-state index contributed by atoms with van der Waals surface area (Å²) < 4.78 is 13.4. The molecule has 0 aromatic heterocycles. The van der Waals surface area contributed by atoms with Crippen LogP contribution in [0.25, 0.3) is 5.57 Å². The molecule has 86 valence electrons. The van der Waals surface area contributed by atoms with Crippen LogP contribution in [-0.2, 0) is 0 Å². The van der Waals surface area contributed by atoms with Gasteiger partial charge in [0.15, 0.2) is 0 Å². The van der Waals surface area contributed by atoms with Crippen molar-refractivity contribution in [1.82, 2.24) is 5.32 Å². The summed E-state index contributed by atoms with van der Waals surface area (Å²) in [7, 11) is 0. The Morgan fingerprint density at radius 1 is 1.56 bits per heavy atom. The Hall–Kier alpha value is -1.30. The van der Waals surface area contributed by atoms with Crippen molar-refractivity contribution >= 4 is 18.0 Å². The van der Waals surface area contributed by atoms with Gasteiger partial charge in [0.05, 0.1) is 6.54 Å². The van der Waals surface area contributed by atoms with E-state index in [1.54, 1.807) is 18.2 Å². The van der Waals surface area contributed by atoms with Crippen LogP contribution < -0.4 is 5.32 Å². The van der Waals surface area contributed by atoms with Crippen molar-refractivity contribution in [3.05, 3.63) is 42.2 Å². The molecule has 1 atom stereocenters. The summed E-state index contributed by atoms with van der Waals surface area (Å²) in [6.45, 7) is 6.23. The Balaban J connectivity index is 0.00000225. The van der Waals surface area contributed by atoms with E-state index in [9.17, 15) is 4.39 Å². The van der Waals surface area contributed by atoms with Crippen LogP contribution >= 0.6 is 12.4 Å². The molecule has 1 N–H and O–H groups in total. The second-order valence-electron chi connectivity index (χ2n) is 3.31. The lowest BCUT2D eigenvalue weighted by Gasteiger charge is -2.15. The molecule has 0 saturated carbocycles. The minimum Gasteiger partial charge on any atom is -0.300 e. The van der Waals surface area contributed by atoms with Gasteiger partial charge < -0.3 is 0 Å². The van der Waals surface area contributed by atoms with Crippen molar-refractivity contribution in [3.63, 3.8) is 0 Å². The molecule has 0 bridgehead atoms. The Kier molecular flexibility index (Phi) is 6.48. The van der Waals surface area contributed by atoms with Crippen molar-refractivity contribution in [1.29, 1.82) is 0 Å². The zero-order chi connectivity index (χ0) is 11.3. The minimum atomic E-state index is -0.253. The molecule has 0 amide bonds. The highest BCUT2D eigenvalue weighted by Crippen LogP contribution is 2.19. The molecule has 0 radical (unpaired) electrons. The zero-order valence-corrected chi connectivity index (χ0v) is 9.98. The molecule has 0 spiro atoms. The maximum atomic E-state index is 13.4. The summed E-state index contributed by atoms with van der Waals surface area (Å²) >= 11 is 0. The molecule has 0 aliphatic rings. The number of terminal acetylenes is 1. The fourth-order valence-electron chi connectivity index (χ4n) is 1.29. The number of hydrogen-bond donors (Lipinski definition) is 1. The molecule has 0 heterocycles. The number of rotatable bonds is 4. The standard InChI is InChI=1S/C13H14FN.ClH/c1-4-9-15-11(3)10(2)12-7-5-6-8-13(12)14;/h1,5-8,11,15H,2,9H2,3H3;1H. The molecule has 1 aromatic carbocycles. The second-order valence-corrected chi connectivity index (χ2v) is 3.31. The zero-order valence-electron chi connectivity index (χ0n) is 9.16. The first kappa shape index (κ1) is 14.7. The van der Waals surface area contributed by atoms with Gasteiger partial charge in [0.1, 0.15) is 5.82 Å². The van der Waals surface area contributed by atoms with E-state index in [0.717, 1.165) is 0 Å². The van der Waals surface area contributed by atoms with Gasteiger partial charge in [0.25, 0.3) is 0 Å². The molecule has 1 rings (SSSR count). The fraction of sp³-hybridized carbons (Fsp3) is 0.231. The first-order chi connectivity index (χ1) is 7.16. The molecule has 0 aliphatic carbocycles. The number of halogens is 2. The highest BCUT2D eigenvalue weighted by atomic mass is 35.5. The molecule has 1 nitrogen and oxygen atoms in total. The summed E-state index contributed by atoms with van der Waals surface area (Å²) in [5.41, 5.74) is 1.25. The van der Waals surface area contributed by atoms with E-state index in [1.165, 1.54) is 6.07 Å². The van der Waals surface area contributed by atoms with Gasteiger partial charge in [-0.3, -0.25) is 5.32 Å². The van der Waals surface area contributed by atoms with Crippen molar-refractivity contribution in [3.8, 4) is 12.3 Å². The predicted octanol–water partition coefficient (Wildman–Crippen LogP) is 2.87. The van der Waals surface area contributed by atoms with Gasteiger partial charge in [-0.25, -0.2) is 4.39 Å². The first-order valence-corrected chi connectivity index (χ1v) is 4.77. The van der Waals surface area contributed by atoms with Gasteiger partial charge in [0.2, 0.25) is 0 Å². The van der Waals surface area contributed by atoms with Crippen LogP contribution in [-0.4, -0.2) is 12.6 Å². The quantitative estimate of drug-likeness (QED) is 0.797. The van der Waals surface area contributed by atoms with Crippen molar-refractivity contribution in [2.45, 2.75) is 13.0 Å². The van der Waals surface area contributed by atoms with Gasteiger partial charge in [-0.05, 0) is 18.6 Å². The van der Waals surface area contributed by atoms with E-state index in [0.29, 0.717) is 17.7 Å². The maximum absolute atomic E-state index is 13.4. The monoisotopic (exact) mass is 239 g/mol. The Bertz CT molecular complexity index is 395. The minimum absolute atomic E-state index is 0. The third-order valence-electron chi connectivity index (χ3n) is 2.25. The highest BCUT2D eigenvalue weighted by molar-refractivity contribution is 5.85. The van der Waals surface area contributed by atoms with Crippen LogP contribution in [0.3, 0.4) is 0 Å². The molecule has 0 saturated heterocycles. The molecule has 1 unspecified atom stereocenters. The SMILES string of the molecule is C#CCNC(C)C(=C)c1ccccc1F.Cl. The number of hydrogen-bond acceptors (Lipinski definition) is 1. The lowest BCUT2D eigenvalue weighted by atomic mass is 10.0. The predicted molar refractivity (Wildman–Crippen MR) is 69.0 cm³/mol. The maximum Gasteiger partial charge on any atom is 0.130 e. The summed E-state index contributed by atoms with van der Waals surface area (Å²) in [5, 5.41) is 3.06. The van der Waals surface area contributed by atoms with E-state index in [4.69, 9.17) is 6.42 Å². The Morgan fingerprint density at radius 2 is 2.19 bits per heavy atom. The second kappa shape index (κ2) is 7.05. The third-order valence-corrected chi connectivity index (χ3v) is 2.25. The average Bonchev–Trinajstić information content (AvgIpc) is 2.25. The van der Waals surface area contributed by atoms with Gasteiger partial charge >= 0.3 is 0 Å². The van der Waals surface area contributed by atoms with E-state index < -0.39 is 0 Å². The molecule has 16 heavy (non-hydrogen) atoms. The molecule has 0 aliphatic heterocycles. The number of nitrogens with one attached hydrogen (secondary N) is 1. The van der Waals surface area contributed by atoms with Crippen molar-refractivity contribution in [2.24, 2.45) is 0 Å². The molecular weight excluding hydrogens is 225 g/mol. The van der Waals surface area contributed by atoms with E-state index in [2.05, 4.69) is 17.8 Å². The van der Waals surface area contributed by atoms with Crippen LogP contribution in [0, 0.1) is 18.2 Å². The van der Waals surface area contributed by atoms with E-state index in [1.807, 2.05) is 6.92 Å². The highest BCUT2D eigenvalue weighted by Gasteiger charge is 2.10. The Morgan fingerprint density at radius 3 is 2.75 bits per heavy atom. The van der Waals surface area contributed by atoms with Gasteiger partial charge in [-0.2, -0.15) is 0 Å². The summed E-state index contributed by atoms with van der Waals surface area (Å²) in [5.74, 6) is 2.22. The summed E-state index contributed by atoms with van der Waals surface area (Å²) in [6, 6.07) is 6.56. The van der Waals surface area contributed by atoms with Gasteiger partial charge in [-0.1, -0.05) is 30.7 Å². The topological polar surface area (TPSA) is 12.0 Å².